The zero-order valence-corrected chi connectivity index (χ0v) is 40.8. The number of nitrogens with two attached hydrogens (primary N) is 1. The van der Waals surface area contributed by atoms with Crippen LogP contribution in [-0.2, 0) is 16.1 Å². The molecule has 5 aliphatic heterocycles. The summed E-state index contributed by atoms with van der Waals surface area (Å²) >= 11 is 1.64. The first-order chi connectivity index (χ1) is 33.6. The van der Waals surface area contributed by atoms with E-state index in [-0.39, 0.29) is 23.7 Å². The van der Waals surface area contributed by atoms with Crippen LogP contribution in [0.1, 0.15) is 93.7 Å². The number of ether oxygens (including phenoxy) is 1. The van der Waals surface area contributed by atoms with Gasteiger partial charge in [0, 0.05) is 95.2 Å². The number of hydrogen-bond donors (Lipinski definition) is 4. The molecule has 17 heteroatoms. The number of para-hydroxylation sites is 1. The highest BCUT2D eigenvalue weighted by atomic mass is 32.1. The molecule has 1 aliphatic carbocycles. The van der Waals surface area contributed by atoms with Crippen molar-refractivity contribution in [2.24, 2.45) is 5.92 Å². The fraction of sp³-hybridized carbons (Fsp3) is 0.558. The van der Waals surface area contributed by atoms with E-state index in [0.717, 1.165) is 132 Å². The molecule has 3 aromatic heterocycles. The smallest absolute Gasteiger partial charge is 0.239 e. The summed E-state index contributed by atoms with van der Waals surface area (Å²) in [6.45, 7) is 12.3. The van der Waals surface area contributed by atoms with Crippen molar-refractivity contribution in [1.82, 2.24) is 49.9 Å². The zero-order chi connectivity index (χ0) is 47.2. The Kier molecular flexibility index (Phi) is 13.4. The number of piperazine rings is 1. The molecule has 2 unspecified atom stereocenters. The minimum atomic E-state index is -0.504. The van der Waals surface area contributed by atoms with Crippen molar-refractivity contribution >= 4 is 28.7 Å². The van der Waals surface area contributed by atoms with Gasteiger partial charge in [0.1, 0.15) is 11.8 Å². The number of phenolic OH excluding ortho intramolecular Hbond substituents is 1. The first-order valence-electron chi connectivity index (χ1n) is 25.4. The van der Waals surface area contributed by atoms with E-state index in [4.69, 9.17) is 15.5 Å². The Balaban J connectivity index is 0.587. The van der Waals surface area contributed by atoms with Crippen LogP contribution in [0.15, 0.2) is 72.6 Å². The number of fused-ring (bicyclic) bond motifs is 2. The van der Waals surface area contributed by atoms with E-state index < -0.39 is 6.10 Å². The molecule has 5 N–H and O–H groups in total. The topological polar surface area (TPSA) is 177 Å². The van der Waals surface area contributed by atoms with Crippen molar-refractivity contribution in [3.63, 3.8) is 0 Å². The van der Waals surface area contributed by atoms with Crippen molar-refractivity contribution in [2.45, 2.75) is 127 Å². The van der Waals surface area contributed by atoms with Crippen molar-refractivity contribution in [1.29, 1.82) is 0 Å². The molecule has 0 radical (unpaired) electrons. The number of anilines is 2. The molecule has 11 rings (SSSR count). The highest BCUT2D eigenvalue weighted by Gasteiger charge is 2.43. The molecule has 6 aliphatic rings. The fourth-order valence-electron chi connectivity index (χ4n) is 12.1. The maximum absolute atomic E-state index is 13.7. The predicted molar refractivity (Wildman–Crippen MR) is 267 cm³/mol. The van der Waals surface area contributed by atoms with E-state index in [2.05, 4.69) is 80.2 Å². The van der Waals surface area contributed by atoms with E-state index >= 15 is 0 Å². The molecule has 2 aromatic carbocycles. The molecule has 5 atom stereocenters. The van der Waals surface area contributed by atoms with Crippen molar-refractivity contribution in [3.8, 4) is 27.4 Å². The van der Waals surface area contributed by atoms with Gasteiger partial charge >= 0.3 is 0 Å². The summed E-state index contributed by atoms with van der Waals surface area (Å²) in [5.41, 5.74) is 14.8. The Labute approximate surface area is 409 Å². The number of imidazole rings is 1. The second-order valence-corrected chi connectivity index (χ2v) is 21.6. The number of likely N-dealkylation sites (tertiary alicyclic amines) is 1. The van der Waals surface area contributed by atoms with Gasteiger partial charge in [-0.15, -0.1) is 21.5 Å². The van der Waals surface area contributed by atoms with Gasteiger partial charge in [0.05, 0.1) is 63.8 Å². The maximum atomic E-state index is 13.7. The number of aromatic hydroxyl groups is 1. The predicted octanol–water partition coefficient (Wildman–Crippen LogP) is 6.04. The number of aliphatic hydroxyl groups excluding tert-OH is 1. The van der Waals surface area contributed by atoms with Gasteiger partial charge in [-0.3, -0.25) is 9.69 Å². The number of carbonyl (C=O) groups excluding carboxylic acids is 1. The standard InChI is InChI=1S/C52H68N12O4S/c1-33(36-7-9-37(10-8-36)50-34(2)55-32-69-50)56-52(67)48-23-42(65)30-64(48)62-19-13-35(14-20-62)25-59-17-15-43(16-18-59)68-44-21-41(22-44)61-26-38(54-31-61)27-63-39-11-12-40(63)29-60(28-39)47-24-46(57-58-51(47)53)45-5-3-4-6-49(45)66/h3-10,24,26,31-33,35,39-44,48,65-66H,11-23,25,27-30H2,1-2H3,(H2,53,58)(H,56,67)/t33-,39?,40?,41-,42+,44-,48-/m0/s1. The van der Waals surface area contributed by atoms with E-state index in [0.29, 0.717) is 66.3 Å². The third kappa shape index (κ3) is 10.0. The lowest BCUT2D eigenvalue weighted by atomic mass is 9.88. The summed E-state index contributed by atoms with van der Waals surface area (Å²) in [6, 6.07) is 18.3. The Morgan fingerprint density at radius 2 is 1.65 bits per heavy atom. The van der Waals surface area contributed by atoms with Crippen LogP contribution in [0.4, 0.5) is 11.5 Å². The molecule has 5 aromatic rings. The van der Waals surface area contributed by atoms with E-state index in [1.54, 1.807) is 23.5 Å². The van der Waals surface area contributed by atoms with Gasteiger partial charge in [-0.05, 0) is 100 Å². The number of phenols is 1. The molecule has 5 saturated heterocycles. The van der Waals surface area contributed by atoms with Crippen LogP contribution in [0.5, 0.6) is 5.75 Å². The number of rotatable bonds is 14. The number of benzene rings is 2. The molecule has 69 heavy (non-hydrogen) atoms. The lowest BCUT2D eigenvalue weighted by Crippen LogP contribution is -2.54. The van der Waals surface area contributed by atoms with Gasteiger partial charge < -0.3 is 40.4 Å². The Morgan fingerprint density at radius 3 is 2.38 bits per heavy atom. The van der Waals surface area contributed by atoms with E-state index in [9.17, 15) is 15.0 Å². The second kappa shape index (κ2) is 20.0. The van der Waals surface area contributed by atoms with Crippen molar-refractivity contribution in [2.75, 3.05) is 63.0 Å². The Hall–Kier alpha value is -5.01. The van der Waals surface area contributed by atoms with Crippen LogP contribution < -0.4 is 16.0 Å². The SMILES string of the molecule is Cc1ncsc1-c1ccc([C@H](C)NC(=O)[C@@H]2C[C@@H](O)CN2N2CCC(CN3CCC(O[C@H]4C[C@H](n5cnc(CN6C7CCC6CN(c6cc(-c8ccccc8O)nnc6N)C7)c5)C4)CC3)CC2)cc1. The zero-order valence-electron chi connectivity index (χ0n) is 40.0. The number of nitrogens with zero attached hydrogens (tertiary/aromatic N) is 10. The number of nitrogens with one attached hydrogen (secondary N) is 1. The molecule has 8 heterocycles. The lowest BCUT2D eigenvalue weighted by molar-refractivity contribution is -0.136. The molecule has 16 nitrogen and oxygen atoms in total. The van der Waals surface area contributed by atoms with Gasteiger partial charge in [0.2, 0.25) is 5.91 Å². The average Bonchev–Trinajstić information content (AvgIpc) is 4.14. The van der Waals surface area contributed by atoms with Crippen LogP contribution in [0.3, 0.4) is 0 Å². The molecule has 1 amide bonds. The van der Waals surface area contributed by atoms with Gasteiger partial charge in [0.15, 0.2) is 5.82 Å². The largest absolute Gasteiger partial charge is 0.507 e. The highest BCUT2D eigenvalue weighted by molar-refractivity contribution is 7.13. The van der Waals surface area contributed by atoms with Crippen LogP contribution in [0, 0.1) is 12.8 Å². The quantitative estimate of drug-likeness (QED) is 0.101. The van der Waals surface area contributed by atoms with Gasteiger partial charge in [-0.1, -0.05) is 36.4 Å². The summed E-state index contributed by atoms with van der Waals surface area (Å²) in [7, 11) is 0. The summed E-state index contributed by atoms with van der Waals surface area (Å²) < 4.78 is 9.00. The number of aryl methyl sites for hydroxylation is 1. The summed E-state index contributed by atoms with van der Waals surface area (Å²) in [4.78, 5) is 31.8. The molecule has 366 valence electrons. The number of piperidine rings is 2. The summed E-state index contributed by atoms with van der Waals surface area (Å²) in [5.74, 6) is 1.23. The van der Waals surface area contributed by atoms with Gasteiger partial charge in [0.25, 0.3) is 0 Å². The molecule has 0 spiro atoms. The number of aliphatic hydroxyl groups is 1. The third-order valence-electron chi connectivity index (χ3n) is 16.2. The van der Waals surface area contributed by atoms with E-state index in [1.807, 2.05) is 43.9 Å². The first-order valence-corrected chi connectivity index (χ1v) is 26.3. The molecule has 2 bridgehead atoms. The third-order valence-corrected chi connectivity index (χ3v) is 17.1. The van der Waals surface area contributed by atoms with Crippen LogP contribution >= 0.6 is 11.3 Å². The van der Waals surface area contributed by atoms with Gasteiger partial charge in [-0.25, -0.2) is 20.0 Å². The number of aromatic nitrogens is 5. The molecule has 1 saturated carbocycles. The minimum absolute atomic E-state index is 0.0129. The molecule has 6 fully saturated rings. The Bertz CT molecular complexity index is 2540. The minimum Gasteiger partial charge on any atom is -0.507 e. The molecular formula is C52H68N12O4S. The number of β-amino-alcohol motifs (C(OH)–C–C–N with tert-alkyl or cyclic N) is 1. The normalized spacial score (nSPS) is 26.9. The monoisotopic (exact) mass is 957 g/mol. The number of nitrogen functional groups attached to an aromatic ring is 1. The second-order valence-electron chi connectivity index (χ2n) is 20.7. The number of carbonyl (C=O) groups is 1. The van der Waals surface area contributed by atoms with Crippen LogP contribution in [0.2, 0.25) is 0 Å². The van der Waals surface area contributed by atoms with Gasteiger partial charge in [-0.2, -0.15) is 0 Å². The fourth-order valence-corrected chi connectivity index (χ4v) is 12.9. The van der Waals surface area contributed by atoms with Crippen LogP contribution in [-0.4, -0.2) is 149 Å². The number of hydrogen-bond acceptors (Lipinski definition) is 15. The van der Waals surface area contributed by atoms with Crippen molar-refractivity contribution in [3.05, 3.63) is 89.6 Å². The number of amides is 1. The van der Waals surface area contributed by atoms with E-state index in [1.165, 1.54) is 4.88 Å². The maximum Gasteiger partial charge on any atom is 0.239 e. The van der Waals surface area contributed by atoms with Crippen molar-refractivity contribution < 1.29 is 19.7 Å². The Morgan fingerprint density at radius 1 is 0.899 bits per heavy atom. The number of thiazole rings is 1. The number of hydrazine groups is 1. The lowest BCUT2D eigenvalue weighted by Gasteiger charge is -2.43. The highest BCUT2D eigenvalue weighted by Crippen LogP contribution is 2.40. The average molecular weight is 957 g/mol. The van der Waals surface area contributed by atoms with Crippen LogP contribution in [0.25, 0.3) is 21.7 Å². The molecular weight excluding hydrogens is 889 g/mol. The summed E-state index contributed by atoms with van der Waals surface area (Å²) in [5, 5.41) is 37.5. The first kappa shape index (κ1) is 46.4. The summed E-state index contributed by atoms with van der Waals surface area (Å²) in [6.07, 6.45) is 13.6.